The molecule has 100 valence electrons. The van der Waals surface area contributed by atoms with Gasteiger partial charge in [0.25, 0.3) is 5.91 Å². The van der Waals surface area contributed by atoms with E-state index in [0.717, 1.165) is 17.0 Å². The molecule has 0 aromatic carbocycles. The summed E-state index contributed by atoms with van der Waals surface area (Å²) < 4.78 is 1.79. The fourth-order valence-electron chi connectivity index (χ4n) is 1.90. The Labute approximate surface area is 110 Å². The predicted molar refractivity (Wildman–Crippen MR) is 70.9 cm³/mol. The number of hydrogen-bond acceptors (Lipinski definition) is 3. The van der Waals surface area contributed by atoms with Gasteiger partial charge in [0.05, 0.1) is 11.3 Å². The highest BCUT2D eigenvalue weighted by molar-refractivity contribution is 5.93. The van der Waals surface area contributed by atoms with Crippen LogP contribution in [0, 0.1) is 13.8 Å². The van der Waals surface area contributed by atoms with Gasteiger partial charge in [-0.3, -0.25) is 14.3 Å². The first-order valence-electron chi connectivity index (χ1n) is 5.95. The number of pyridine rings is 1. The van der Waals surface area contributed by atoms with E-state index in [-0.39, 0.29) is 11.5 Å². The molecule has 0 aliphatic heterocycles. The van der Waals surface area contributed by atoms with Gasteiger partial charge in [0.1, 0.15) is 0 Å². The monoisotopic (exact) mass is 260 g/mol. The lowest BCUT2D eigenvalue weighted by atomic mass is 10.2. The van der Waals surface area contributed by atoms with Crippen LogP contribution >= 0.6 is 0 Å². The first-order chi connectivity index (χ1) is 8.99. The number of aromatic nitrogens is 3. The molecule has 6 heteroatoms. The lowest BCUT2D eigenvalue weighted by molar-refractivity contribution is 0.0950. The molecule has 2 aromatic rings. The van der Waals surface area contributed by atoms with E-state index in [1.807, 2.05) is 20.9 Å². The molecule has 2 aromatic heterocycles. The summed E-state index contributed by atoms with van der Waals surface area (Å²) in [5, 5.41) is 7.11. The zero-order chi connectivity index (χ0) is 14.0. The number of aryl methyl sites for hydroxylation is 2. The van der Waals surface area contributed by atoms with Crippen LogP contribution in [0.2, 0.25) is 0 Å². The highest BCUT2D eigenvalue weighted by Crippen LogP contribution is 2.11. The number of aromatic amines is 1. The van der Waals surface area contributed by atoms with E-state index in [0.29, 0.717) is 12.1 Å². The largest absolute Gasteiger partial charge is 0.348 e. The molecule has 0 saturated carbocycles. The Kier molecular flexibility index (Phi) is 3.50. The van der Waals surface area contributed by atoms with Gasteiger partial charge in [-0.1, -0.05) is 0 Å². The van der Waals surface area contributed by atoms with Gasteiger partial charge >= 0.3 is 0 Å². The Morgan fingerprint density at radius 3 is 2.68 bits per heavy atom. The van der Waals surface area contributed by atoms with Gasteiger partial charge in [-0.25, -0.2) is 0 Å². The summed E-state index contributed by atoms with van der Waals surface area (Å²) in [6.45, 7) is 4.29. The summed E-state index contributed by atoms with van der Waals surface area (Å²) in [5.41, 5.74) is 3.15. The van der Waals surface area contributed by atoms with Gasteiger partial charge in [-0.15, -0.1) is 0 Å². The fourth-order valence-corrected chi connectivity index (χ4v) is 1.90. The molecule has 0 aliphatic carbocycles. The van der Waals surface area contributed by atoms with Crippen LogP contribution in [0.15, 0.2) is 23.1 Å². The van der Waals surface area contributed by atoms with Crippen LogP contribution in [0.3, 0.4) is 0 Å². The van der Waals surface area contributed by atoms with E-state index in [4.69, 9.17) is 0 Å². The van der Waals surface area contributed by atoms with Crippen molar-refractivity contribution in [1.82, 2.24) is 20.1 Å². The second kappa shape index (κ2) is 5.09. The summed E-state index contributed by atoms with van der Waals surface area (Å²) in [4.78, 5) is 25.3. The van der Waals surface area contributed by atoms with Crippen LogP contribution in [0.1, 0.15) is 27.3 Å². The average molecular weight is 260 g/mol. The summed E-state index contributed by atoms with van der Waals surface area (Å²) in [6.07, 6.45) is 1.40. The predicted octanol–water partition coefficient (Wildman–Crippen LogP) is 0.655. The van der Waals surface area contributed by atoms with E-state index in [9.17, 15) is 9.59 Å². The lowest BCUT2D eigenvalue weighted by Crippen LogP contribution is -2.24. The average Bonchev–Trinajstić information content (AvgIpc) is 2.62. The van der Waals surface area contributed by atoms with Crippen molar-refractivity contribution in [2.45, 2.75) is 20.4 Å². The number of H-pyrrole nitrogens is 1. The molecule has 0 unspecified atom stereocenters. The van der Waals surface area contributed by atoms with Gasteiger partial charge in [-0.2, -0.15) is 5.10 Å². The summed E-state index contributed by atoms with van der Waals surface area (Å²) in [7, 11) is 1.87. The molecule has 2 N–H and O–H groups in total. The van der Waals surface area contributed by atoms with Gasteiger partial charge < -0.3 is 10.3 Å². The number of amides is 1. The molecule has 6 nitrogen and oxygen atoms in total. The SMILES string of the molecule is Cc1nn(C)c(C)c1CNC(=O)c1ccc(=O)[nH]c1. The molecule has 2 rings (SSSR count). The highest BCUT2D eigenvalue weighted by atomic mass is 16.1. The Morgan fingerprint density at radius 1 is 1.42 bits per heavy atom. The lowest BCUT2D eigenvalue weighted by Gasteiger charge is -2.05. The minimum Gasteiger partial charge on any atom is -0.348 e. The molecule has 0 spiro atoms. The highest BCUT2D eigenvalue weighted by Gasteiger charge is 2.11. The first-order valence-corrected chi connectivity index (χ1v) is 5.95. The Bertz CT molecular complexity index is 649. The molecule has 2 heterocycles. The molecule has 0 bridgehead atoms. The molecule has 0 aliphatic rings. The van der Waals surface area contributed by atoms with Crippen molar-refractivity contribution < 1.29 is 4.79 Å². The maximum atomic E-state index is 11.9. The molecular formula is C13H16N4O2. The van der Waals surface area contributed by atoms with Crippen LogP contribution in [0.4, 0.5) is 0 Å². The van der Waals surface area contributed by atoms with Crippen LogP contribution < -0.4 is 10.9 Å². The minimum atomic E-state index is -0.226. The van der Waals surface area contributed by atoms with Crippen molar-refractivity contribution in [1.29, 1.82) is 0 Å². The number of carbonyl (C=O) groups is 1. The zero-order valence-corrected chi connectivity index (χ0v) is 11.2. The number of rotatable bonds is 3. The smallest absolute Gasteiger partial charge is 0.253 e. The minimum absolute atomic E-state index is 0.223. The number of hydrogen-bond donors (Lipinski definition) is 2. The molecule has 0 radical (unpaired) electrons. The Balaban J connectivity index is 2.08. The third-order valence-electron chi connectivity index (χ3n) is 3.13. The van der Waals surface area contributed by atoms with Crippen molar-refractivity contribution in [3.05, 3.63) is 51.2 Å². The van der Waals surface area contributed by atoms with Gasteiger partial charge in [0.2, 0.25) is 5.56 Å². The van der Waals surface area contributed by atoms with E-state index in [1.54, 1.807) is 4.68 Å². The third kappa shape index (κ3) is 2.73. The van der Waals surface area contributed by atoms with Crippen molar-refractivity contribution in [2.75, 3.05) is 0 Å². The molecule has 0 fully saturated rings. The molecule has 1 amide bonds. The van der Waals surface area contributed by atoms with Crippen molar-refractivity contribution in [3.8, 4) is 0 Å². The molecule has 0 saturated heterocycles. The van der Waals surface area contributed by atoms with Crippen molar-refractivity contribution >= 4 is 5.91 Å². The molecule has 19 heavy (non-hydrogen) atoms. The van der Waals surface area contributed by atoms with Crippen molar-refractivity contribution in [2.24, 2.45) is 7.05 Å². The van der Waals surface area contributed by atoms with Crippen molar-refractivity contribution in [3.63, 3.8) is 0 Å². The van der Waals surface area contributed by atoms with E-state index >= 15 is 0 Å². The maximum absolute atomic E-state index is 11.9. The summed E-state index contributed by atoms with van der Waals surface area (Å²) >= 11 is 0. The van der Waals surface area contributed by atoms with Gasteiger partial charge in [0.15, 0.2) is 0 Å². The number of nitrogens with zero attached hydrogens (tertiary/aromatic N) is 2. The second-order valence-electron chi connectivity index (χ2n) is 4.40. The molecular weight excluding hydrogens is 244 g/mol. The standard InChI is InChI=1S/C13H16N4O2/c1-8-11(9(2)17(3)16-8)7-15-13(19)10-4-5-12(18)14-6-10/h4-6H,7H2,1-3H3,(H,14,18)(H,15,19). The van der Waals surface area contributed by atoms with Gasteiger partial charge in [0, 0.05) is 37.1 Å². The van der Waals surface area contributed by atoms with Crippen LogP contribution in [-0.2, 0) is 13.6 Å². The van der Waals surface area contributed by atoms with E-state index in [1.165, 1.54) is 18.3 Å². The number of nitrogens with one attached hydrogen (secondary N) is 2. The second-order valence-corrected chi connectivity index (χ2v) is 4.40. The normalized spacial score (nSPS) is 10.5. The third-order valence-corrected chi connectivity index (χ3v) is 3.13. The molecule has 0 atom stereocenters. The Hall–Kier alpha value is -2.37. The zero-order valence-electron chi connectivity index (χ0n) is 11.2. The quantitative estimate of drug-likeness (QED) is 0.850. The fraction of sp³-hybridized carbons (Fsp3) is 0.308. The summed E-state index contributed by atoms with van der Waals surface area (Å²) in [6, 6.07) is 2.83. The first kappa shape index (κ1) is 13.1. The Morgan fingerprint density at radius 2 is 2.16 bits per heavy atom. The summed E-state index contributed by atoms with van der Waals surface area (Å²) in [5.74, 6) is -0.223. The van der Waals surface area contributed by atoms with Crippen LogP contribution in [0.5, 0.6) is 0 Å². The van der Waals surface area contributed by atoms with Gasteiger partial charge in [-0.05, 0) is 19.9 Å². The van der Waals surface area contributed by atoms with E-state index < -0.39 is 0 Å². The van der Waals surface area contributed by atoms with Crippen LogP contribution in [0.25, 0.3) is 0 Å². The van der Waals surface area contributed by atoms with E-state index in [2.05, 4.69) is 15.4 Å². The number of carbonyl (C=O) groups excluding carboxylic acids is 1. The maximum Gasteiger partial charge on any atom is 0.253 e. The van der Waals surface area contributed by atoms with Crippen LogP contribution in [-0.4, -0.2) is 20.7 Å². The topological polar surface area (TPSA) is 79.8 Å².